The van der Waals surface area contributed by atoms with Gasteiger partial charge in [-0.25, -0.2) is 4.99 Å². The lowest BCUT2D eigenvalue weighted by Gasteiger charge is -2.54. The summed E-state index contributed by atoms with van der Waals surface area (Å²) in [6, 6.07) is 0.996. The van der Waals surface area contributed by atoms with Gasteiger partial charge >= 0.3 is 0 Å². The van der Waals surface area contributed by atoms with E-state index >= 15 is 0 Å². The molecule has 3 aliphatic carbocycles. The maximum Gasteiger partial charge on any atom is 0.192 e. The van der Waals surface area contributed by atoms with Crippen molar-refractivity contribution in [1.29, 1.82) is 0 Å². The van der Waals surface area contributed by atoms with Gasteiger partial charge in [0.1, 0.15) is 12.4 Å². The summed E-state index contributed by atoms with van der Waals surface area (Å²) in [7, 11) is 2.00. The molecule has 28 heavy (non-hydrogen) atoms. The van der Waals surface area contributed by atoms with Crippen molar-refractivity contribution in [2.45, 2.75) is 96.4 Å². The van der Waals surface area contributed by atoms with Crippen molar-refractivity contribution >= 4 is 5.96 Å². The fourth-order valence-electron chi connectivity index (χ4n) is 5.39. The summed E-state index contributed by atoms with van der Waals surface area (Å²) < 4.78 is 8.10. The second-order valence-electron chi connectivity index (χ2n) is 8.83. The molecule has 1 aromatic heterocycles. The Kier molecular flexibility index (Phi) is 5.90. The van der Waals surface area contributed by atoms with Crippen molar-refractivity contribution < 1.29 is 4.74 Å². The van der Waals surface area contributed by atoms with E-state index in [1.807, 2.05) is 18.5 Å². The molecule has 0 saturated heterocycles. The smallest absolute Gasteiger partial charge is 0.192 e. The number of rotatable bonds is 6. The number of guanidine groups is 1. The van der Waals surface area contributed by atoms with Gasteiger partial charge in [-0.1, -0.05) is 25.7 Å². The molecule has 3 aliphatic rings. The summed E-state index contributed by atoms with van der Waals surface area (Å²) in [5, 5.41) is 15.9. The standard InChI is InChI=1S/C21H36N6O/c1-4-28-18-13-17(21(18)11-7-8-12-21)24-20(23-16-9-5-6-10-16)22-14-19-26-25-15(2)27(19)3/h16-18H,4-14H2,1-3H3,(H2,22,23,24). The summed E-state index contributed by atoms with van der Waals surface area (Å²) in [5.74, 6) is 2.77. The summed E-state index contributed by atoms with van der Waals surface area (Å²) in [4.78, 5) is 4.91. The van der Waals surface area contributed by atoms with Crippen LogP contribution in [0.5, 0.6) is 0 Å². The minimum absolute atomic E-state index is 0.301. The van der Waals surface area contributed by atoms with E-state index in [0.29, 0.717) is 30.1 Å². The SMILES string of the molecule is CCOC1CC(NC(=NCc2nnc(C)n2C)NC2CCCC2)C12CCCC2. The van der Waals surface area contributed by atoms with E-state index in [2.05, 4.69) is 27.8 Å². The van der Waals surface area contributed by atoms with Crippen molar-refractivity contribution in [3.8, 4) is 0 Å². The third-order valence-corrected chi connectivity index (χ3v) is 7.26. The predicted molar refractivity (Wildman–Crippen MR) is 110 cm³/mol. The topological polar surface area (TPSA) is 76.4 Å². The summed E-state index contributed by atoms with van der Waals surface area (Å²) in [6.45, 7) is 5.45. The molecule has 1 aromatic rings. The number of ether oxygens (including phenoxy) is 1. The van der Waals surface area contributed by atoms with Crippen molar-refractivity contribution in [3.63, 3.8) is 0 Å². The molecule has 156 valence electrons. The first kappa shape index (κ1) is 19.7. The zero-order chi connectivity index (χ0) is 19.6. The molecule has 7 heteroatoms. The van der Waals surface area contributed by atoms with E-state index in [1.165, 1.54) is 51.4 Å². The second-order valence-corrected chi connectivity index (χ2v) is 8.83. The van der Waals surface area contributed by atoms with Gasteiger partial charge < -0.3 is 19.9 Å². The molecule has 0 amide bonds. The first-order chi connectivity index (χ1) is 13.6. The summed E-state index contributed by atoms with van der Waals surface area (Å²) in [6.07, 6.45) is 11.8. The van der Waals surface area contributed by atoms with Gasteiger partial charge in [0, 0.05) is 31.2 Å². The zero-order valence-electron chi connectivity index (χ0n) is 17.7. The number of hydrogen-bond acceptors (Lipinski definition) is 4. The number of aryl methyl sites for hydroxylation is 1. The lowest BCUT2D eigenvalue weighted by atomic mass is 9.60. The molecule has 4 rings (SSSR count). The lowest BCUT2D eigenvalue weighted by Crippen LogP contribution is -2.65. The monoisotopic (exact) mass is 388 g/mol. The molecule has 2 unspecified atom stereocenters. The van der Waals surface area contributed by atoms with Crippen LogP contribution in [0.2, 0.25) is 0 Å². The molecule has 0 bridgehead atoms. The van der Waals surface area contributed by atoms with Crippen LogP contribution in [0.25, 0.3) is 0 Å². The quantitative estimate of drug-likeness (QED) is 0.579. The average molecular weight is 389 g/mol. The van der Waals surface area contributed by atoms with Gasteiger partial charge in [-0.3, -0.25) is 0 Å². The molecular weight excluding hydrogens is 352 g/mol. The number of aromatic nitrogens is 3. The van der Waals surface area contributed by atoms with Crippen molar-refractivity contribution in [2.75, 3.05) is 6.61 Å². The molecule has 0 aromatic carbocycles. The Labute approximate surface area is 168 Å². The van der Waals surface area contributed by atoms with Gasteiger partial charge in [-0.15, -0.1) is 10.2 Å². The second kappa shape index (κ2) is 8.39. The molecule has 0 radical (unpaired) electrons. The summed E-state index contributed by atoms with van der Waals surface area (Å²) >= 11 is 0. The Bertz CT molecular complexity index is 687. The van der Waals surface area contributed by atoms with Crippen LogP contribution in [0.15, 0.2) is 4.99 Å². The fraction of sp³-hybridized carbons (Fsp3) is 0.857. The molecule has 1 spiro atoms. The number of aliphatic imine (C=N–C) groups is 1. The molecule has 0 aliphatic heterocycles. The van der Waals surface area contributed by atoms with Crippen LogP contribution in [0.3, 0.4) is 0 Å². The third kappa shape index (κ3) is 3.78. The molecule has 3 saturated carbocycles. The van der Waals surface area contributed by atoms with Crippen molar-refractivity contribution in [1.82, 2.24) is 25.4 Å². The van der Waals surface area contributed by atoms with Gasteiger partial charge in [0.05, 0.1) is 6.10 Å². The van der Waals surface area contributed by atoms with Crippen molar-refractivity contribution in [2.24, 2.45) is 17.5 Å². The van der Waals surface area contributed by atoms with Crippen LogP contribution >= 0.6 is 0 Å². The van der Waals surface area contributed by atoms with E-state index in [0.717, 1.165) is 30.6 Å². The fourth-order valence-corrected chi connectivity index (χ4v) is 5.39. The molecule has 3 fully saturated rings. The van der Waals surface area contributed by atoms with Crippen LogP contribution in [0.4, 0.5) is 0 Å². The maximum absolute atomic E-state index is 6.09. The van der Waals surface area contributed by atoms with Gasteiger partial charge in [0.15, 0.2) is 11.8 Å². The number of nitrogens with one attached hydrogen (secondary N) is 2. The van der Waals surface area contributed by atoms with Crippen LogP contribution in [-0.4, -0.2) is 45.5 Å². The normalized spacial score (nSPS) is 27.3. The molecule has 2 N–H and O–H groups in total. The average Bonchev–Trinajstić information content (AvgIpc) is 3.43. The van der Waals surface area contributed by atoms with Crippen LogP contribution in [0.1, 0.15) is 76.4 Å². The Morgan fingerprint density at radius 2 is 1.93 bits per heavy atom. The zero-order valence-corrected chi connectivity index (χ0v) is 17.7. The Balaban J connectivity index is 1.47. The highest BCUT2D eigenvalue weighted by Crippen LogP contribution is 2.54. The first-order valence-electron chi connectivity index (χ1n) is 11.2. The van der Waals surface area contributed by atoms with Crippen LogP contribution in [-0.2, 0) is 18.3 Å². The molecule has 1 heterocycles. The third-order valence-electron chi connectivity index (χ3n) is 7.26. The van der Waals surface area contributed by atoms with Gasteiger partial charge in [0.25, 0.3) is 0 Å². The van der Waals surface area contributed by atoms with E-state index < -0.39 is 0 Å². The predicted octanol–water partition coefficient (Wildman–Crippen LogP) is 2.84. The Morgan fingerprint density at radius 1 is 1.18 bits per heavy atom. The van der Waals surface area contributed by atoms with E-state index in [1.54, 1.807) is 0 Å². The minimum Gasteiger partial charge on any atom is -0.378 e. The minimum atomic E-state index is 0.301. The summed E-state index contributed by atoms with van der Waals surface area (Å²) in [5.41, 5.74) is 0.301. The highest BCUT2D eigenvalue weighted by atomic mass is 16.5. The highest BCUT2D eigenvalue weighted by molar-refractivity contribution is 5.80. The van der Waals surface area contributed by atoms with E-state index in [4.69, 9.17) is 9.73 Å². The maximum atomic E-state index is 6.09. The largest absolute Gasteiger partial charge is 0.378 e. The number of nitrogens with zero attached hydrogens (tertiary/aromatic N) is 4. The van der Waals surface area contributed by atoms with Gasteiger partial charge in [-0.2, -0.15) is 0 Å². The van der Waals surface area contributed by atoms with Gasteiger partial charge in [-0.05, 0) is 46.0 Å². The van der Waals surface area contributed by atoms with E-state index in [-0.39, 0.29) is 0 Å². The molecule has 2 atom stereocenters. The van der Waals surface area contributed by atoms with Crippen LogP contribution in [0, 0.1) is 12.3 Å². The van der Waals surface area contributed by atoms with Gasteiger partial charge in [0.2, 0.25) is 0 Å². The first-order valence-corrected chi connectivity index (χ1v) is 11.2. The molecular formula is C21H36N6O. The molecule has 7 nitrogen and oxygen atoms in total. The Hall–Kier alpha value is -1.63. The van der Waals surface area contributed by atoms with Crippen molar-refractivity contribution in [3.05, 3.63) is 11.6 Å². The highest BCUT2D eigenvalue weighted by Gasteiger charge is 2.57. The lowest BCUT2D eigenvalue weighted by molar-refractivity contribution is -0.125. The number of hydrogen-bond donors (Lipinski definition) is 2. The van der Waals surface area contributed by atoms with E-state index in [9.17, 15) is 0 Å². The Morgan fingerprint density at radius 3 is 2.57 bits per heavy atom. The van der Waals surface area contributed by atoms with Crippen LogP contribution < -0.4 is 10.6 Å².